The zero-order valence-electron chi connectivity index (χ0n) is 9.99. The largest absolute Gasteiger partial charge is 0.347 e. The Morgan fingerprint density at radius 1 is 1.75 bits per heavy atom. The molecule has 3 N–H and O–H groups in total. The monoisotopic (exact) mass is 241 g/mol. The van der Waals surface area contributed by atoms with E-state index in [1.807, 2.05) is 26.2 Å². The highest BCUT2D eigenvalue weighted by molar-refractivity contribution is 7.09. The summed E-state index contributed by atoms with van der Waals surface area (Å²) >= 11 is 1.54. The van der Waals surface area contributed by atoms with Gasteiger partial charge in [0.1, 0.15) is 5.01 Å². The zero-order chi connectivity index (χ0) is 12.2. The lowest BCUT2D eigenvalue weighted by Gasteiger charge is -2.26. The van der Waals surface area contributed by atoms with E-state index in [-0.39, 0.29) is 11.9 Å². The van der Waals surface area contributed by atoms with E-state index in [0.29, 0.717) is 6.54 Å². The quantitative estimate of drug-likeness (QED) is 0.824. The van der Waals surface area contributed by atoms with Crippen LogP contribution in [0.25, 0.3) is 0 Å². The first-order valence-electron chi connectivity index (χ1n) is 5.44. The Labute approximate surface area is 100 Å². The van der Waals surface area contributed by atoms with Gasteiger partial charge in [-0.1, -0.05) is 6.92 Å². The molecule has 1 amide bonds. The third-order valence-electron chi connectivity index (χ3n) is 2.95. The lowest BCUT2D eigenvalue weighted by atomic mass is 9.86. The summed E-state index contributed by atoms with van der Waals surface area (Å²) in [6.07, 6.45) is 2.48. The number of nitrogens with one attached hydrogen (secondary N) is 1. The molecule has 1 rings (SSSR count). The molecule has 0 aliphatic rings. The van der Waals surface area contributed by atoms with Gasteiger partial charge in [-0.15, -0.1) is 11.3 Å². The maximum absolute atomic E-state index is 12.0. The Kier molecular flexibility index (Phi) is 4.44. The number of hydrogen-bond donors (Lipinski definition) is 2. The van der Waals surface area contributed by atoms with E-state index < -0.39 is 5.41 Å². The van der Waals surface area contributed by atoms with Gasteiger partial charge < -0.3 is 11.1 Å². The first-order chi connectivity index (χ1) is 7.53. The summed E-state index contributed by atoms with van der Waals surface area (Å²) in [7, 11) is 0. The third-order valence-corrected chi connectivity index (χ3v) is 3.91. The molecule has 4 nitrogen and oxygen atoms in total. The van der Waals surface area contributed by atoms with Gasteiger partial charge >= 0.3 is 0 Å². The van der Waals surface area contributed by atoms with Gasteiger partial charge in [-0.05, 0) is 20.3 Å². The minimum atomic E-state index is -0.481. The van der Waals surface area contributed by atoms with Crippen LogP contribution in [0.1, 0.15) is 38.2 Å². The molecule has 2 atom stereocenters. The van der Waals surface area contributed by atoms with Crippen LogP contribution >= 0.6 is 11.3 Å². The predicted octanol–water partition coefficient (Wildman–Crippen LogP) is 1.70. The number of nitrogens with zero attached hydrogens (tertiary/aromatic N) is 1. The van der Waals surface area contributed by atoms with E-state index >= 15 is 0 Å². The van der Waals surface area contributed by atoms with Gasteiger partial charge in [0.25, 0.3) is 0 Å². The molecule has 0 aliphatic heterocycles. The Balaban J connectivity index is 2.64. The number of rotatable bonds is 5. The van der Waals surface area contributed by atoms with Crippen LogP contribution in [-0.2, 0) is 4.79 Å². The summed E-state index contributed by atoms with van der Waals surface area (Å²) in [6.45, 7) is 6.15. The molecule has 1 aromatic rings. The average molecular weight is 241 g/mol. The Bertz CT molecular complexity index is 333. The van der Waals surface area contributed by atoms with Crippen molar-refractivity contribution in [3.8, 4) is 0 Å². The molecule has 16 heavy (non-hydrogen) atoms. The van der Waals surface area contributed by atoms with Crippen LogP contribution in [0, 0.1) is 5.41 Å². The Morgan fingerprint density at radius 3 is 2.88 bits per heavy atom. The van der Waals surface area contributed by atoms with Crippen LogP contribution in [0.5, 0.6) is 0 Å². The summed E-state index contributed by atoms with van der Waals surface area (Å²) in [4.78, 5) is 16.2. The minimum absolute atomic E-state index is 0.000185. The summed E-state index contributed by atoms with van der Waals surface area (Å²) in [5.74, 6) is 0.000185. The maximum Gasteiger partial charge on any atom is 0.227 e. The van der Waals surface area contributed by atoms with Crippen molar-refractivity contribution in [3.63, 3.8) is 0 Å². The molecule has 1 heterocycles. The van der Waals surface area contributed by atoms with Crippen molar-refractivity contribution in [1.82, 2.24) is 10.3 Å². The van der Waals surface area contributed by atoms with Gasteiger partial charge in [-0.25, -0.2) is 4.98 Å². The number of aromatic nitrogens is 1. The Morgan fingerprint density at radius 2 is 2.44 bits per heavy atom. The van der Waals surface area contributed by atoms with Crippen molar-refractivity contribution in [2.45, 2.75) is 33.2 Å². The van der Waals surface area contributed by atoms with Crippen LogP contribution in [-0.4, -0.2) is 17.4 Å². The second kappa shape index (κ2) is 5.41. The predicted molar refractivity (Wildman–Crippen MR) is 66.1 cm³/mol. The number of nitrogens with two attached hydrogens (primary N) is 1. The molecule has 0 aromatic carbocycles. The highest BCUT2D eigenvalue weighted by Crippen LogP contribution is 2.22. The van der Waals surface area contributed by atoms with Crippen LogP contribution in [0.2, 0.25) is 0 Å². The van der Waals surface area contributed by atoms with Gasteiger partial charge in [0.2, 0.25) is 5.91 Å². The van der Waals surface area contributed by atoms with Gasteiger partial charge in [-0.3, -0.25) is 4.79 Å². The highest BCUT2D eigenvalue weighted by Gasteiger charge is 2.30. The molecule has 1 aromatic heterocycles. The van der Waals surface area contributed by atoms with Crippen molar-refractivity contribution in [1.29, 1.82) is 0 Å². The fourth-order valence-electron chi connectivity index (χ4n) is 1.28. The molecule has 90 valence electrons. The lowest BCUT2D eigenvalue weighted by Crippen LogP contribution is -2.44. The van der Waals surface area contributed by atoms with Crippen LogP contribution in [0.15, 0.2) is 11.6 Å². The van der Waals surface area contributed by atoms with Crippen molar-refractivity contribution >= 4 is 17.2 Å². The summed E-state index contributed by atoms with van der Waals surface area (Å²) in [5.41, 5.74) is 5.16. The van der Waals surface area contributed by atoms with Gasteiger partial charge in [0, 0.05) is 18.1 Å². The average Bonchev–Trinajstić information content (AvgIpc) is 2.81. The zero-order valence-corrected chi connectivity index (χ0v) is 10.8. The van der Waals surface area contributed by atoms with Gasteiger partial charge in [0.05, 0.1) is 11.5 Å². The number of hydrogen-bond acceptors (Lipinski definition) is 4. The van der Waals surface area contributed by atoms with Crippen molar-refractivity contribution in [2.75, 3.05) is 6.54 Å². The van der Waals surface area contributed by atoms with E-state index in [1.165, 1.54) is 0 Å². The SMILES string of the molecule is CCC(C)(CN)C(=O)NC(C)c1nccs1. The first-order valence-corrected chi connectivity index (χ1v) is 6.32. The van der Waals surface area contributed by atoms with Crippen molar-refractivity contribution < 1.29 is 4.79 Å². The number of amides is 1. The normalized spacial score (nSPS) is 16.5. The van der Waals surface area contributed by atoms with E-state index in [4.69, 9.17) is 5.73 Å². The smallest absolute Gasteiger partial charge is 0.227 e. The molecular formula is C11H19N3OS. The lowest BCUT2D eigenvalue weighted by molar-refractivity contribution is -0.130. The molecule has 0 fully saturated rings. The number of carbonyl (C=O) groups is 1. The first kappa shape index (κ1) is 13.1. The van der Waals surface area contributed by atoms with E-state index in [1.54, 1.807) is 17.5 Å². The van der Waals surface area contributed by atoms with Crippen LogP contribution in [0.4, 0.5) is 0 Å². The highest BCUT2D eigenvalue weighted by atomic mass is 32.1. The molecular weight excluding hydrogens is 222 g/mol. The van der Waals surface area contributed by atoms with E-state index in [2.05, 4.69) is 10.3 Å². The van der Waals surface area contributed by atoms with Crippen molar-refractivity contribution in [3.05, 3.63) is 16.6 Å². The van der Waals surface area contributed by atoms with Gasteiger partial charge in [-0.2, -0.15) is 0 Å². The standard InChI is InChI=1S/C11H19N3OS/c1-4-11(3,7-12)10(15)14-8(2)9-13-5-6-16-9/h5-6,8H,4,7,12H2,1-3H3,(H,14,15). The number of thiazole rings is 1. The molecule has 0 saturated carbocycles. The minimum Gasteiger partial charge on any atom is -0.347 e. The third kappa shape index (κ3) is 2.80. The topological polar surface area (TPSA) is 68.0 Å². The summed E-state index contributed by atoms with van der Waals surface area (Å²) in [6, 6.07) is -0.0510. The second-order valence-corrected chi connectivity index (χ2v) is 5.11. The maximum atomic E-state index is 12.0. The number of carbonyl (C=O) groups excluding carboxylic acids is 1. The van der Waals surface area contributed by atoms with Crippen LogP contribution < -0.4 is 11.1 Å². The fourth-order valence-corrected chi connectivity index (χ4v) is 1.92. The summed E-state index contributed by atoms with van der Waals surface area (Å²) < 4.78 is 0. The summed E-state index contributed by atoms with van der Waals surface area (Å²) in [5, 5.41) is 5.78. The van der Waals surface area contributed by atoms with Crippen molar-refractivity contribution in [2.24, 2.45) is 11.1 Å². The molecule has 5 heteroatoms. The molecule has 0 radical (unpaired) electrons. The molecule has 0 bridgehead atoms. The second-order valence-electron chi connectivity index (χ2n) is 4.18. The molecule has 2 unspecified atom stereocenters. The molecule has 0 aliphatic carbocycles. The van der Waals surface area contributed by atoms with E-state index in [9.17, 15) is 4.79 Å². The van der Waals surface area contributed by atoms with Gasteiger partial charge in [0.15, 0.2) is 0 Å². The molecule has 0 saturated heterocycles. The van der Waals surface area contributed by atoms with E-state index in [0.717, 1.165) is 11.4 Å². The van der Waals surface area contributed by atoms with Crippen LogP contribution in [0.3, 0.4) is 0 Å². The Hall–Kier alpha value is -0.940. The fraction of sp³-hybridized carbons (Fsp3) is 0.636. The molecule has 0 spiro atoms.